The number of hydrogen-bond donors (Lipinski definition) is 2. The number of nitrogens with one attached hydrogen (secondary N) is 1. The second-order valence-electron chi connectivity index (χ2n) is 5.66. The van der Waals surface area contributed by atoms with Gasteiger partial charge in [0.1, 0.15) is 11.6 Å². The molecule has 1 aliphatic carbocycles. The minimum absolute atomic E-state index is 0.521. The molecule has 0 bridgehead atoms. The van der Waals surface area contributed by atoms with Crippen molar-refractivity contribution in [3.8, 4) is 5.75 Å². The second kappa shape index (κ2) is 6.64. The first-order valence-electron chi connectivity index (χ1n) is 7.88. The van der Waals surface area contributed by atoms with Gasteiger partial charge in [0, 0.05) is 23.5 Å². The van der Waals surface area contributed by atoms with Crippen molar-refractivity contribution in [3.05, 3.63) is 36.0 Å². The largest absolute Gasteiger partial charge is 0.494 e. The van der Waals surface area contributed by atoms with Gasteiger partial charge in [0.05, 0.1) is 6.61 Å². The first kappa shape index (κ1) is 14.6. The molecule has 1 fully saturated rings. The van der Waals surface area contributed by atoms with Gasteiger partial charge in [0.25, 0.3) is 0 Å². The Labute approximate surface area is 130 Å². The third-order valence-electron chi connectivity index (χ3n) is 3.96. The molecule has 1 saturated carbocycles. The smallest absolute Gasteiger partial charge is 0.229 e. The maximum atomic E-state index is 6.07. The van der Waals surface area contributed by atoms with Crippen LogP contribution in [0.3, 0.4) is 0 Å². The lowest BCUT2D eigenvalue weighted by molar-refractivity contribution is 0.317. The molecule has 0 amide bonds. The molecule has 0 radical (unpaired) electrons. The Kier molecular flexibility index (Phi) is 4.42. The molecular weight excluding hydrogens is 276 g/mol. The van der Waals surface area contributed by atoms with Crippen molar-refractivity contribution in [1.29, 1.82) is 0 Å². The normalized spacial score (nSPS) is 14.4. The van der Waals surface area contributed by atoms with E-state index in [2.05, 4.69) is 22.2 Å². The molecule has 2 aromatic rings. The standard InChI is InChI=1S/C17H22N4O/c1-2-9-22-14-8-4-7-13(10-14)20-17-19-11-15(16(18)21-17)12-5-3-6-12/h4,7-8,10-12H,2-3,5-6,9H2,1H3,(H3,18,19,20,21). The van der Waals surface area contributed by atoms with Crippen LogP contribution in [0, 0.1) is 0 Å². The van der Waals surface area contributed by atoms with E-state index in [4.69, 9.17) is 10.5 Å². The van der Waals surface area contributed by atoms with E-state index in [1.54, 1.807) is 0 Å². The van der Waals surface area contributed by atoms with Gasteiger partial charge in [0.2, 0.25) is 5.95 Å². The third kappa shape index (κ3) is 3.30. The molecular formula is C17H22N4O. The molecule has 3 rings (SSSR count). The fraction of sp³-hybridized carbons (Fsp3) is 0.412. The van der Waals surface area contributed by atoms with Crippen LogP contribution in [-0.4, -0.2) is 16.6 Å². The van der Waals surface area contributed by atoms with Crippen LogP contribution in [0.5, 0.6) is 5.75 Å². The molecule has 1 aliphatic rings. The van der Waals surface area contributed by atoms with E-state index in [0.29, 0.717) is 24.3 Å². The molecule has 0 aliphatic heterocycles. The number of nitrogens with zero attached hydrogens (tertiary/aromatic N) is 2. The summed E-state index contributed by atoms with van der Waals surface area (Å²) in [5, 5.41) is 3.18. The minimum atomic E-state index is 0.521. The van der Waals surface area contributed by atoms with E-state index in [9.17, 15) is 0 Å². The fourth-order valence-electron chi connectivity index (χ4n) is 2.51. The van der Waals surface area contributed by atoms with Gasteiger partial charge in [0.15, 0.2) is 0 Å². The lowest BCUT2D eigenvalue weighted by Crippen LogP contribution is -2.13. The number of nitrogen functional groups attached to an aromatic ring is 1. The number of ether oxygens (including phenoxy) is 1. The molecule has 1 aromatic carbocycles. The van der Waals surface area contributed by atoms with Gasteiger partial charge in [-0.2, -0.15) is 4.98 Å². The third-order valence-corrected chi connectivity index (χ3v) is 3.96. The van der Waals surface area contributed by atoms with E-state index in [1.165, 1.54) is 19.3 Å². The summed E-state index contributed by atoms with van der Waals surface area (Å²) in [4.78, 5) is 8.76. The van der Waals surface area contributed by atoms with Crippen molar-refractivity contribution in [2.45, 2.75) is 38.5 Å². The van der Waals surface area contributed by atoms with Crippen LogP contribution in [-0.2, 0) is 0 Å². The Balaban J connectivity index is 1.71. The highest BCUT2D eigenvalue weighted by atomic mass is 16.5. The van der Waals surface area contributed by atoms with Crippen LogP contribution in [0.4, 0.5) is 17.5 Å². The molecule has 1 aromatic heterocycles. The Morgan fingerprint density at radius 3 is 2.91 bits per heavy atom. The van der Waals surface area contributed by atoms with Crippen molar-refractivity contribution in [1.82, 2.24) is 9.97 Å². The highest BCUT2D eigenvalue weighted by Crippen LogP contribution is 2.38. The Hall–Kier alpha value is -2.30. The topological polar surface area (TPSA) is 73.1 Å². The average molecular weight is 298 g/mol. The van der Waals surface area contributed by atoms with Gasteiger partial charge >= 0.3 is 0 Å². The van der Waals surface area contributed by atoms with Gasteiger partial charge in [-0.15, -0.1) is 0 Å². The Morgan fingerprint density at radius 2 is 2.23 bits per heavy atom. The van der Waals surface area contributed by atoms with Crippen molar-refractivity contribution < 1.29 is 4.74 Å². The fourth-order valence-corrected chi connectivity index (χ4v) is 2.51. The second-order valence-corrected chi connectivity index (χ2v) is 5.66. The summed E-state index contributed by atoms with van der Waals surface area (Å²) in [6, 6.07) is 7.78. The quantitative estimate of drug-likeness (QED) is 0.847. The summed E-state index contributed by atoms with van der Waals surface area (Å²) in [5.74, 6) is 2.49. The van der Waals surface area contributed by atoms with Crippen molar-refractivity contribution in [2.24, 2.45) is 0 Å². The summed E-state index contributed by atoms with van der Waals surface area (Å²) >= 11 is 0. The van der Waals surface area contributed by atoms with Gasteiger partial charge in [-0.05, 0) is 37.3 Å². The van der Waals surface area contributed by atoms with Gasteiger partial charge in [-0.25, -0.2) is 4.98 Å². The summed E-state index contributed by atoms with van der Waals surface area (Å²) in [6.45, 7) is 2.80. The van der Waals surface area contributed by atoms with Gasteiger partial charge in [-0.1, -0.05) is 19.4 Å². The Bertz CT molecular complexity index is 640. The number of benzene rings is 1. The van der Waals surface area contributed by atoms with Crippen molar-refractivity contribution >= 4 is 17.5 Å². The molecule has 22 heavy (non-hydrogen) atoms. The number of rotatable bonds is 6. The van der Waals surface area contributed by atoms with Crippen LogP contribution in [0.25, 0.3) is 0 Å². The SMILES string of the molecule is CCCOc1cccc(Nc2ncc(C3CCC3)c(N)n2)c1. The number of anilines is 3. The molecule has 0 atom stereocenters. The number of hydrogen-bond acceptors (Lipinski definition) is 5. The van der Waals surface area contributed by atoms with E-state index in [0.717, 1.165) is 23.4 Å². The monoisotopic (exact) mass is 298 g/mol. The number of aromatic nitrogens is 2. The lowest BCUT2D eigenvalue weighted by Gasteiger charge is -2.26. The van der Waals surface area contributed by atoms with Crippen molar-refractivity contribution in [2.75, 3.05) is 17.7 Å². The summed E-state index contributed by atoms with van der Waals surface area (Å²) in [6.07, 6.45) is 6.49. The van der Waals surface area contributed by atoms with E-state index in [-0.39, 0.29) is 0 Å². The van der Waals surface area contributed by atoms with Crippen LogP contribution in [0.1, 0.15) is 44.1 Å². The molecule has 0 unspecified atom stereocenters. The molecule has 3 N–H and O–H groups in total. The summed E-state index contributed by atoms with van der Waals surface area (Å²) in [7, 11) is 0. The van der Waals surface area contributed by atoms with Gasteiger partial charge in [-0.3, -0.25) is 0 Å². The molecule has 5 heteroatoms. The van der Waals surface area contributed by atoms with Crippen LogP contribution in [0.2, 0.25) is 0 Å². The first-order valence-corrected chi connectivity index (χ1v) is 7.88. The van der Waals surface area contributed by atoms with Crippen molar-refractivity contribution in [3.63, 3.8) is 0 Å². The molecule has 0 spiro atoms. The minimum Gasteiger partial charge on any atom is -0.494 e. The molecule has 5 nitrogen and oxygen atoms in total. The zero-order valence-electron chi connectivity index (χ0n) is 12.9. The average Bonchev–Trinajstić information content (AvgIpc) is 2.46. The predicted octanol–water partition coefficient (Wildman–Crippen LogP) is 3.86. The van der Waals surface area contributed by atoms with E-state index >= 15 is 0 Å². The maximum Gasteiger partial charge on any atom is 0.229 e. The van der Waals surface area contributed by atoms with E-state index in [1.807, 2.05) is 30.5 Å². The summed E-state index contributed by atoms with van der Waals surface area (Å²) < 4.78 is 5.62. The summed E-state index contributed by atoms with van der Waals surface area (Å²) in [5.41, 5.74) is 8.04. The molecule has 1 heterocycles. The van der Waals surface area contributed by atoms with E-state index < -0.39 is 0 Å². The first-order chi connectivity index (χ1) is 10.8. The van der Waals surface area contributed by atoms with Crippen LogP contribution in [0.15, 0.2) is 30.5 Å². The zero-order valence-corrected chi connectivity index (χ0v) is 12.9. The molecule has 116 valence electrons. The highest BCUT2D eigenvalue weighted by Gasteiger charge is 2.22. The lowest BCUT2D eigenvalue weighted by atomic mass is 9.81. The maximum absolute atomic E-state index is 6.07. The van der Waals surface area contributed by atoms with Gasteiger partial charge < -0.3 is 15.8 Å². The predicted molar refractivity (Wildman–Crippen MR) is 88.5 cm³/mol. The van der Waals surface area contributed by atoms with Crippen LogP contribution < -0.4 is 15.8 Å². The van der Waals surface area contributed by atoms with Crippen LogP contribution >= 0.6 is 0 Å². The Morgan fingerprint density at radius 1 is 1.36 bits per heavy atom. The molecule has 0 saturated heterocycles. The number of nitrogens with two attached hydrogens (primary N) is 1. The zero-order chi connectivity index (χ0) is 15.4. The highest BCUT2D eigenvalue weighted by molar-refractivity contribution is 5.57.